The van der Waals surface area contributed by atoms with Crippen LogP contribution in [0.5, 0.6) is 5.75 Å². The van der Waals surface area contributed by atoms with E-state index in [1.165, 1.54) is 39.9 Å². The lowest BCUT2D eigenvalue weighted by Crippen LogP contribution is -2.47. The quantitative estimate of drug-likeness (QED) is 0.638. The number of hydrogen-bond donors (Lipinski definition) is 0. The maximum absolute atomic E-state index is 5.87. The lowest BCUT2D eigenvalue weighted by Gasteiger charge is -2.35. The highest BCUT2D eigenvalue weighted by Crippen LogP contribution is 2.40. The fourth-order valence-electron chi connectivity index (χ4n) is 4.50. The van der Waals surface area contributed by atoms with Gasteiger partial charge in [-0.1, -0.05) is 25.1 Å². The molecular formula is C23H28N4OS. The molecule has 6 heteroatoms. The predicted molar refractivity (Wildman–Crippen MR) is 119 cm³/mol. The second kappa shape index (κ2) is 8.28. The van der Waals surface area contributed by atoms with Crippen molar-refractivity contribution in [1.82, 2.24) is 14.9 Å². The van der Waals surface area contributed by atoms with E-state index >= 15 is 0 Å². The third-order valence-corrected chi connectivity index (χ3v) is 7.36. The predicted octanol–water partition coefficient (Wildman–Crippen LogP) is 4.02. The Bertz CT molecular complexity index is 966. The maximum Gasteiger partial charge on any atom is 0.141 e. The molecule has 1 aliphatic heterocycles. The number of para-hydroxylation sites is 1. The Balaban J connectivity index is 1.24. The van der Waals surface area contributed by atoms with E-state index in [-0.39, 0.29) is 0 Å². The number of aryl methyl sites for hydroxylation is 1. The van der Waals surface area contributed by atoms with Crippen LogP contribution in [0.3, 0.4) is 0 Å². The summed E-state index contributed by atoms with van der Waals surface area (Å²) in [6, 6.07) is 10.1. The Kier molecular flexibility index (Phi) is 5.38. The highest BCUT2D eigenvalue weighted by atomic mass is 32.1. The van der Waals surface area contributed by atoms with E-state index in [9.17, 15) is 0 Å². The number of fused-ring (bicyclic) bond motifs is 3. The van der Waals surface area contributed by atoms with Crippen LogP contribution in [0.4, 0.5) is 5.82 Å². The first kappa shape index (κ1) is 18.8. The second-order valence-electron chi connectivity index (χ2n) is 8.22. The molecule has 152 valence electrons. The topological polar surface area (TPSA) is 41.5 Å². The molecule has 0 radical (unpaired) electrons. The molecule has 29 heavy (non-hydrogen) atoms. The van der Waals surface area contributed by atoms with Crippen molar-refractivity contribution in [2.24, 2.45) is 5.92 Å². The van der Waals surface area contributed by atoms with Gasteiger partial charge in [-0.3, -0.25) is 4.90 Å². The van der Waals surface area contributed by atoms with Gasteiger partial charge in [0.1, 0.15) is 29.3 Å². The number of benzene rings is 1. The number of piperazine rings is 1. The number of ether oxygens (including phenoxy) is 1. The summed E-state index contributed by atoms with van der Waals surface area (Å²) in [5, 5.41) is 1.33. The fraction of sp³-hybridized carbons (Fsp3) is 0.478. The highest BCUT2D eigenvalue weighted by molar-refractivity contribution is 7.19. The smallest absolute Gasteiger partial charge is 0.141 e. The van der Waals surface area contributed by atoms with Gasteiger partial charge in [0, 0.05) is 37.6 Å². The van der Waals surface area contributed by atoms with Crippen LogP contribution in [0.15, 0.2) is 36.7 Å². The monoisotopic (exact) mass is 408 g/mol. The minimum absolute atomic E-state index is 0.734. The average molecular weight is 409 g/mol. The van der Waals surface area contributed by atoms with E-state index in [1.54, 1.807) is 6.33 Å². The lowest BCUT2D eigenvalue weighted by molar-refractivity contribution is 0.200. The molecule has 2 aliphatic rings. The largest absolute Gasteiger partial charge is 0.492 e. The molecule has 1 saturated heterocycles. The highest BCUT2D eigenvalue weighted by Gasteiger charge is 2.26. The summed E-state index contributed by atoms with van der Waals surface area (Å²) in [7, 11) is 0. The van der Waals surface area contributed by atoms with Crippen LogP contribution in [0.2, 0.25) is 0 Å². The van der Waals surface area contributed by atoms with Gasteiger partial charge in [-0.2, -0.15) is 0 Å². The summed E-state index contributed by atoms with van der Waals surface area (Å²) in [5.74, 6) is 2.86. The molecule has 3 aromatic rings. The Morgan fingerprint density at radius 2 is 1.93 bits per heavy atom. The van der Waals surface area contributed by atoms with Crippen LogP contribution < -0.4 is 9.64 Å². The minimum atomic E-state index is 0.734. The molecule has 5 nitrogen and oxygen atoms in total. The maximum atomic E-state index is 5.87. The summed E-state index contributed by atoms with van der Waals surface area (Å²) in [6.07, 6.45) is 5.42. The molecule has 1 aliphatic carbocycles. The molecule has 1 unspecified atom stereocenters. The Morgan fingerprint density at radius 3 is 2.76 bits per heavy atom. The van der Waals surface area contributed by atoms with Crippen LogP contribution >= 0.6 is 11.3 Å². The Labute approximate surface area is 176 Å². The van der Waals surface area contributed by atoms with Crippen molar-refractivity contribution in [2.45, 2.75) is 26.2 Å². The molecule has 2 aromatic heterocycles. The van der Waals surface area contributed by atoms with Crippen LogP contribution in [-0.2, 0) is 12.8 Å². The summed E-state index contributed by atoms with van der Waals surface area (Å²) in [4.78, 5) is 17.0. The number of thiophene rings is 1. The van der Waals surface area contributed by atoms with Crippen molar-refractivity contribution in [3.05, 3.63) is 47.1 Å². The van der Waals surface area contributed by atoms with Gasteiger partial charge in [-0.25, -0.2) is 9.97 Å². The van der Waals surface area contributed by atoms with Gasteiger partial charge in [-0.15, -0.1) is 11.3 Å². The number of hydrogen-bond acceptors (Lipinski definition) is 6. The summed E-state index contributed by atoms with van der Waals surface area (Å²) in [5.41, 5.74) is 1.53. The molecule has 0 bridgehead atoms. The van der Waals surface area contributed by atoms with Crippen molar-refractivity contribution in [2.75, 3.05) is 44.2 Å². The molecule has 1 aromatic carbocycles. The second-order valence-corrected chi connectivity index (χ2v) is 9.30. The Hall–Kier alpha value is -2.18. The van der Waals surface area contributed by atoms with E-state index < -0.39 is 0 Å². The normalized spacial score (nSPS) is 20.0. The van der Waals surface area contributed by atoms with Gasteiger partial charge in [0.05, 0.1) is 5.39 Å². The van der Waals surface area contributed by atoms with Gasteiger partial charge in [0.15, 0.2) is 0 Å². The SMILES string of the molecule is CC1CCc2sc3ncnc(N4CCN(CCOc5ccccc5)CC4)c3c2C1. The van der Waals surface area contributed by atoms with E-state index in [2.05, 4.69) is 21.7 Å². The molecule has 0 spiro atoms. The van der Waals surface area contributed by atoms with E-state index in [0.717, 1.165) is 56.8 Å². The van der Waals surface area contributed by atoms with Gasteiger partial charge in [0.25, 0.3) is 0 Å². The average Bonchev–Trinajstić information content (AvgIpc) is 3.13. The molecule has 1 fully saturated rings. The zero-order valence-electron chi connectivity index (χ0n) is 17.0. The molecule has 3 heterocycles. The molecule has 1 atom stereocenters. The first-order valence-electron chi connectivity index (χ1n) is 10.7. The van der Waals surface area contributed by atoms with Crippen molar-refractivity contribution in [1.29, 1.82) is 0 Å². The summed E-state index contributed by atoms with van der Waals surface area (Å²) >= 11 is 1.88. The number of aromatic nitrogens is 2. The first-order chi connectivity index (χ1) is 14.3. The van der Waals surface area contributed by atoms with Crippen LogP contribution in [-0.4, -0.2) is 54.2 Å². The number of anilines is 1. The molecular weight excluding hydrogens is 380 g/mol. The van der Waals surface area contributed by atoms with Crippen molar-refractivity contribution < 1.29 is 4.74 Å². The first-order valence-corrected chi connectivity index (χ1v) is 11.5. The van der Waals surface area contributed by atoms with Gasteiger partial charge >= 0.3 is 0 Å². The van der Waals surface area contributed by atoms with Gasteiger partial charge in [0.2, 0.25) is 0 Å². The summed E-state index contributed by atoms with van der Waals surface area (Å²) in [6.45, 7) is 8.19. The molecule has 5 rings (SSSR count). The van der Waals surface area contributed by atoms with E-state index in [0.29, 0.717) is 0 Å². The molecule has 0 N–H and O–H groups in total. The lowest BCUT2D eigenvalue weighted by atomic mass is 9.88. The number of nitrogens with zero attached hydrogens (tertiary/aromatic N) is 4. The van der Waals surface area contributed by atoms with Gasteiger partial charge < -0.3 is 9.64 Å². The fourth-order valence-corrected chi connectivity index (χ4v) is 5.68. The minimum Gasteiger partial charge on any atom is -0.492 e. The third kappa shape index (κ3) is 3.96. The van der Waals surface area contributed by atoms with Crippen molar-refractivity contribution >= 4 is 27.4 Å². The van der Waals surface area contributed by atoms with E-state index in [1.807, 2.05) is 41.7 Å². The summed E-state index contributed by atoms with van der Waals surface area (Å²) < 4.78 is 5.87. The van der Waals surface area contributed by atoms with Crippen LogP contribution in [0, 0.1) is 5.92 Å². The Morgan fingerprint density at radius 1 is 1.10 bits per heavy atom. The zero-order chi connectivity index (χ0) is 19.6. The molecule has 0 amide bonds. The van der Waals surface area contributed by atoms with Crippen molar-refractivity contribution in [3.63, 3.8) is 0 Å². The van der Waals surface area contributed by atoms with E-state index in [4.69, 9.17) is 9.72 Å². The third-order valence-electron chi connectivity index (χ3n) is 6.16. The molecule has 0 saturated carbocycles. The van der Waals surface area contributed by atoms with Crippen LogP contribution in [0.25, 0.3) is 10.2 Å². The number of rotatable bonds is 5. The standard InChI is InChI=1S/C23H28N4OS/c1-17-7-8-20-19(15-17)21-22(24-16-25-23(21)29-20)27-11-9-26(10-12-27)13-14-28-18-5-3-2-4-6-18/h2-6,16-17H,7-15H2,1H3. The van der Waals surface area contributed by atoms with Crippen LogP contribution in [0.1, 0.15) is 23.8 Å². The van der Waals surface area contributed by atoms with Crippen molar-refractivity contribution in [3.8, 4) is 5.75 Å². The zero-order valence-corrected chi connectivity index (χ0v) is 17.8. The van der Waals surface area contributed by atoms with Gasteiger partial charge in [-0.05, 0) is 42.9 Å².